The fourth-order valence-electron chi connectivity index (χ4n) is 4.10. The third-order valence-corrected chi connectivity index (χ3v) is 7.33. The highest BCUT2D eigenvalue weighted by Crippen LogP contribution is 2.34. The topological polar surface area (TPSA) is 123 Å². The van der Waals surface area contributed by atoms with Gasteiger partial charge >= 0.3 is 0 Å². The van der Waals surface area contributed by atoms with E-state index in [9.17, 15) is 13.2 Å². The Labute approximate surface area is 176 Å². The first-order valence-corrected chi connectivity index (χ1v) is 12.0. The molecular weight excluding hydrogens is 402 g/mol. The van der Waals surface area contributed by atoms with E-state index in [2.05, 4.69) is 27.0 Å². The summed E-state index contributed by atoms with van der Waals surface area (Å²) in [6, 6.07) is 7.50. The maximum atomic E-state index is 12.7. The Morgan fingerprint density at radius 3 is 2.73 bits per heavy atom. The first kappa shape index (κ1) is 20.6. The van der Waals surface area contributed by atoms with E-state index in [-0.39, 0.29) is 17.3 Å². The monoisotopic (exact) mass is 427 g/mol. The summed E-state index contributed by atoms with van der Waals surface area (Å²) in [7, 11) is -3.04. The molecule has 1 fully saturated rings. The molecule has 0 aromatic heterocycles. The molecule has 8 nitrogen and oxygen atoms in total. The van der Waals surface area contributed by atoms with Crippen LogP contribution >= 0.6 is 0 Å². The van der Waals surface area contributed by atoms with Crippen molar-refractivity contribution in [2.45, 2.75) is 31.2 Å². The Hall–Kier alpha value is -2.70. The average molecular weight is 428 g/mol. The highest BCUT2D eigenvalue weighted by Gasteiger charge is 2.25. The van der Waals surface area contributed by atoms with Gasteiger partial charge in [-0.05, 0) is 61.5 Å². The zero-order valence-electron chi connectivity index (χ0n) is 16.6. The standard InChI is InChI=1S/C21H25N5O3S/c22-12-17-13-24-20(25-17)21(27)26-19-2-1-16(14-3-7-23-8-4-14)11-18(19)15-5-9-30(28,29)10-6-15/h1-2,5,11,14,17,23H,3-4,6-10,13H2,(H,24,25)(H,26,27). The predicted molar refractivity (Wildman–Crippen MR) is 116 cm³/mol. The minimum atomic E-state index is -3.04. The molecule has 3 aliphatic rings. The van der Waals surface area contributed by atoms with Gasteiger partial charge in [0.2, 0.25) is 0 Å². The molecule has 3 aliphatic heterocycles. The van der Waals surface area contributed by atoms with Crippen LogP contribution in [-0.2, 0) is 14.6 Å². The van der Waals surface area contributed by atoms with Gasteiger partial charge in [-0.2, -0.15) is 5.26 Å². The Morgan fingerprint density at radius 2 is 2.07 bits per heavy atom. The number of piperidine rings is 1. The lowest BCUT2D eigenvalue weighted by Crippen LogP contribution is -2.33. The van der Waals surface area contributed by atoms with Gasteiger partial charge in [0.05, 0.1) is 24.1 Å². The zero-order chi connectivity index (χ0) is 21.1. The Morgan fingerprint density at radius 1 is 1.27 bits per heavy atom. The normalized spacial score (nSPS) is 23.6. The largest absolute Gasteiger partial charge is 0.362 e. The highest BCUT2D eigenvalue weighted by molar-refractivity contribution is 7.91. The number of nitrogens with zero attached hydrogens (tertiary/aromatic N) is 2. The lowest BCUT2D eigenvalue weighted by atomic mass is 9.87. The van der Waals surface area contributed by atoms with Crippen molar-refractivity contribution >= 4 is 32.8 Å². The molecule has 1 unspecified atom stereocenters. The summed E-state index contributed by atoms with van der Waals surface area (Å²) < 4.78 is 23.7. The average Bonchev–Trinajstić information content (AvgIpc) is 3.24. The lowest BCUT2D eigenvalue weighted by Gasteiger charge is -2.25. The number of sulfone groups is 1. The fraction of sp³-hybridized carbons (Fsp3) is 0.476. The second-order valence-corrected chi connectivity index (χ2v) is 10.1. The van der Waals surface area contributed by atoms with Gasteiger partial charge in [-0.1, -0.05) is 12.1 Å². The molecule has 1 atom stereocenters. The molecule has 0 radical (unpaired) electrons. The van der Waals surface area contributed by atoms with Crippen molar-refractivity contribution in [3.63, 3.8) is 0 Å². The number of hydrogen-bond donors (Lipinski definition) is 3. The van der Waals surface area contributed by atoms with Crippen LogP contribution in [0.2, 0.25) is 0 Å². The molecule has 0 saturated carbocycles. The second-order valence-electron chi connectivity index (χ2n) is 7.88. The molecule has 4 rings (SSSR count). The molecule has 9 heteroatoms. The zero-order valence-corrected chi connectivity index (χ0v) is 17.5. The molecule has 0 spiro atoms. The number of aliphatic imine (C=N–C) groups is 1. The van der Waals surface area contributed by atoms with E-state index >= 15 is 0 Å². The number of hydrogen-bond acceptors (Lipinski definition) is 7. The summed E-state index contributed by atoms with van der Waals surface area (Å²) in [6.45, 7) is 2.28. The van der Waals surface area contributed by atoms with Crippen LogP contribution < -0.4 is 16.0 Å². The molecule has 3 heterocycles. The van der Waals surface area contributed by atoms with Crippen LogP contribution in [0.1, 0.15) is 36.3 Å². The van der Waals surface area contributed by atoms with Crippen molar-refractivity contribution in [1.82, 2.24) is 10.6 Å². The number of nitriles is 1. The number of rotatable bonds is 4. The van der Waals surface area contributed by atoms with Crippen LogP contribution in [0.5, 0.6) is 0 Å². The van der Waals surface area contributed by atoms with E-state index in [1.807, 2.05) is 18.2 Å². The van der Waals surface area contributed by atoms with Gasteiger partial charge in [-0.15, -0.1) is 0 Å². The molecule has 1 amide bonds. The van der Waals surface area contributed by atoms with E-state index in [4.69, 9.17) is 5.26 Å². The highest BCUT2D eigenvalue weighted by atomic mass is 32.2. The van der Waals surface area contributed by atoms with Crippen molar-refractivity contribution in [2.24, 2.45) is 4.99 Å². The quantitative estimate of drug-likeness (QED) is 0.663. The number of anilines is 1. The van der Waals surface area contributed by atoms with Gasteiger partial charge in [0.1, 0.15) is 0 Å². The van der Waals surface area contributed by atoms with Gasteiger partial charge in [0, 0.05) is 11.3 Å². The number of amides is 1. The predicted octanol–water partition coefficient (Wildman–Crippen LogP) is 1.19. The number of benzene rings is 1. The van der Waals surface area contributed by atoms with Crippen LogP contribution in [0.4, 0.5) is 5.69 Å². The van der Waals surface area contributed by atoms with Gasteiger partial charge in [0.15, 0.2) is 21.7 Å². The van der Waals surface area contributed by atoms with Crippen LogP contribution in [-0.4, -0.2) is 57.3 Å². The van der Waals surface area contributed by atoms with Crippen molar-refractivity contribution in [1.29, 1.82) is 5.26 Å². The van der Waals surface area contributed by atoms with E-state index < -0.39 is 21.8 Å². The third-order valence-electron chi connectivity index (χ3n) is 5.83. The van der Waals surface area contributed by atoms with Crippen molar-refractivity contribution in [3.8, 4) is 6.07 Å². The Bertz CT molecular complexity index is 1050. The summed E-state index contributed by atoms with van der Waals surface area (Å²) in [6.07, 6.45) is 4.29. The van der Waals surface area contributed by atoms with Gasteiger partial charge < -0.3 is 16.0 Å². The molecule has 158 valence electrons. The van der Waals surface area contributed by atoms with Gasteiger partial charge in [0.25, 0.3) is 5.91 Å². The van der Waals surface area contributed by atoms with Crippen molar-refractivity contribution in [3.05, 3.63) is 35.4 Å². The van der Waals surface area contributed by atoms with Crippen LogP contribution in [0.25, 0.3) is 5.57 Å². The number of carbonyl (C=O) groups is 1. The molecule has 0 aliphatic carbocycles. The first-order valence-electron chi connectivity index (χ1n) is 10.2. The van der Waals surface area contributed by atoms with E-state index in [0.29, 0.717) is 24.6 Å². The first-order chi connectivity index (χ1) is 14.4. The van der Waals surface area contributed by atoms with Crippen LogP contribution in [0.15, 0.2) is 29.3 Å². The lowest BCUT2D eigenvalue weighted by molar-refractivity contribution is -0.110. The Balaban J connectivity index is 1.64. The molecule has 1 aromatic carbocycles. The number of nitrogens with one attached hydrogen (secondary N) is 3. The molecule has 0 bridgehead atoms. The third kappa shape index (κ3) is 4.55. The van der Waals surface area contributed by atoms with Crippen molar-refractivity contribution in [2.75, 3.05) is 36.5 Å². The SMILES string of the molecule is N#CC1CNC(C(=O)Nc2ccc(C3CCNCC3)cc2C2=CCS(=O)(=O)CC2)=N1. The van der Waals surface area contributed by atoms with Crippen LogP contribution in [0.3, 0.4) is 0 Å². The molecule has 3 N–H and O–H groups in total. The second kappa shape index (κ2) is 8.58. The maximum absolute atomic E-state index is 12.7. The molecule has 30 heavy (non-hydrogen) atoms. The maximum Gasteiger partial charge on any atom is 0.290 e. The minimum Gasteiger partial charge on any atom is -0.362 e. The Kier molecular flexibility index (Phi) is 5.88. The summed E-state index contributed by atoms with van der Waals surface area (Å²) >= 11 is 0. The summed E-state index contributed by atoms with van der Waals surface area (Å²) in [5.41, 5.74) is 3.64. The number of amidine groups is 1. The van der Waals surface area contributed by atoms with Crippen LogP contribution in [0, 0.1) is 11.3 Å². The summed E-state index contributed by atoms with van der Waals surface area (Å²) in [4.78, 5) is 16.7. The molecule has 1 aromatic rings. The van der Waals surface area contributed by atoms with E-state index in [1.165, 1.54) is 5.56 Å². The minimum absolute atomic E-state index is 0.0193. The molecule has 1 saturated heterocycles. The smallest absolute Gasteiger partial charge is 0.290 e. The van der Waals surface area contributed by atoms with Gasteiger partial charge in [-0.25, -0.2) is 13.4 Å². The summed E-state index contributed by atoms with van der Waals surface area (Å²) in [5, 5.41) is 18.1. The van der Waals surface area contributed by atoms with E-state index in [0.717, 1.165) is 37.1 Å². The number of carbonyl (C=O) groups excluding carboxylic acids is 1. The summed E-state index contributed by atoms with van der Waals surface area (Å²) in [5.74, 6) is 0.329. The van der Waals surface area contributed by atoms with Crippen molar-refractivity contribution < 1.29 is 13.2 Å². The number of allylic oxidation sites excluding steroid dienone is 1. The van der Waals surface area contributed by atoms with E-state index in [1.54, 1.807) is 6.08 Å². The van der Waals surface area contributed by atoms with Gasteiger partial charge in [-0.3, -0.25) is 4.79 Å². The molecular formula is C21H25N5O3S. The fourth-order valence-corrected chi connectivity index (χ4v) is 5.26.